The normalized spacial score (nSPS) is 16.9. The van der Waals surface area contributed by atoms with Crippen LogP contribution in [0.5, 0.6) is 0 Å². The average Bonchev–Trinajstić information content (AvgIpc) is 2.29. The van der Waals surface area contributed by atoms with E-state index >= 15 is 0 Å². The summed E-state index contributed by atoms with van der Waals surface area (Å²) >= 11 is 5.58. The highest BCUT2D eigenvalue weighted by molar-refractivity contribution is 6.30. The molecule has 0 unspecified atom stereocenters. The smallest absolute Gasteiger partial charge is 0.147 e. The van der Waals surface area contributed by atoms with Gasteiger partial charge in [-0.2, -0.15) is 0 Å². The van der Waals surface area contributed by atoms with Crippen LogP contribution in [-0.4, -0.2) is 22.9 Å². The van der Waals surface area contributed by atoms with Crippen molar-refractivity contribution < 1.29 is 14.6 Å². The fourth-order valence-electron chi connectivity index (χ4n) is 1.38. The second-order valence-corrected chi connectivity index (χ2v) is 4.20. The summed E-state index contributed by atoms with van der Waals surface area (Å²) in [6.45, 7) is 1.89. The van der Waals surface area contributed by atoms with E-state index in [0.29, 0.717) is 0 Å². The molecule has 1 rings (SSSR count). The van der Waals surface area contributed by atoms with Crippen LogP contribution < -0.4 is 5.73 Å². The van der Waals surface area contributed by atoms with Crippen molar-refractivity contribution in [1.82, 2.24) is 0 Å². The van der Waals surface area contributed by atoms with Gasteiger partial charge in [-0.05, 0) is 18.5 Å². The first-order valence-electron chi connectivity index (χ1n) is 4.99. The molecular weight excluding hydrogens is 233 g/mol. The maximum absolute atomic E-state index is 13.5. The fourth-order valence-corrected chi connectivity index (χ4v) is 1.57. The van der Waals surface area contributed by atoms with E-state index in [0.717, 1.165) is 0 Å². The Morgan fingerprint density at radius 3 is 2.62 bits per heavy atom. The molecule has 1 aromatic carbocycles. The summed E-state index contributed by atoms with van der Waals surface area (Å²) in [6, 6.07) is 4.29. The van der Waals surface area contributed by atoms with Crippen molar-refractivity contribution in [2.75, 3.05) is 6.54 Å². The zero-order chi connectivity index (χ0) is 12.3. The van der Waals surface area contributed by atoms with E-state index in [1.54, 1.807) is 6.92 Å². The second kappa shape index (κ2) is 5.59. The molecule has 0 bridgehead atoms. The van der Waals surface area contributed by atoms with Gasteiger partial charge >= 0.3 is 0 Å². The van der Waals surface area contributed by atoms with Gasteiger partial charge in [-0.1, -0.05) is 30.7 Å². The van der Waals surface area contributed by atoms with Crippen molar-refractivity contribution in [3.8, 4) is 0 Å². The highest BCUT2D eigenvalue weighted by Gasteiger charge is 2.26. The summed E-state index contributed by atoms with van der Waals surface area (Å²) in [6.07, 6.45) is -2.43. The number of aliphatic hydroxyl groups excluding tert-OH is 2. The molecule has 0 spiro atoms. The second-order valence-electron chi connectivity index (χ2n) is 3.79. The largest absolute Gasteiger partial charge is 0.390 e. The van der Waals surface area contributed by atoms with Gasteiger partial charge in [0.15, 0.2) is 0 Å². The molecule has 90 valence electrons. The molecule has 0 saturated carbocycles. The molecule has 0 radical (unpaired) electrons. The first-order valence-corrected chi connectivity index (χ1v) is 5.37. The lowest BCUT2D eigenvalue weighted by Gasteiger charge is -2.23. The molecule has 0 heterocycles. The molecule has 4 N–H and O–H groups in total. The van der Waals surface area contributed by atoms with E-state index in [1.807, 2.05) is 0 Å². The number of hydrogen-bond donors (Lipinski definition) is 3. The first kappa shape index (κ1) is 13.4. The maximum Gasteiger partial charge on any atom is 0.147 e. The van der Waals surface area contributed by atoms with E-state index in [-0.39, 0.29) is 23.0 Å². The van der Waals surface area contributed by atoms with Crippen molar-refractivity contribution in [3.05, 3.63) is 34.6 Å². The van der Waals surface area contributed by atoms with Crippen LogP contribution in [0.15, 0.2) is 18.2 Å². The molecule has 0 saturated heterocycles. The van der Waals surface area contributed by atoms with Gasteiger partial charge < -0.3 is 15.9 Å². The summed E-state index contributed by atoms with van der Waals surface area (Å²) < 4.78 is 13.5. The van der Waals surface area contributed by atoms with Crippen LogP contribution in [0.25, 0.3) is 0 Å². The monoisotopic (exact) mass is 247 g/mol. The Morgan fingerprint density at radius 1 is 1.44 bits per heavy atom. The van der Waals surface area contributed by atoms with E-state index < -0.39 is 18.0 Å². The average molecular weight is 248 g/mol. The van der Waals surface area contributed by atoms with Crippen molar-refractivity contribution in [2.45, 2.75) is 19.1 Å². The quantitative estimate of drug-likeness (QED) is 0.755. The number of benzene rings is 1. The number of nitrogens with two attached hydrogens (primary N) is 1. The van der Waals surface area contributed by atoms with E-state index in [9.17, 15) is 14.6 Å². The van der Waals surface area contributed by atoms with Crippen LogP contribution in [0.2, 0.25) is 5.02 Å². The minimum absolute atomic E-state index is 0.0136. The molecule has 0 amide bonds. The summed E-state index contributed by atoms with van der Waals surface area (Å²) in [7, 11) is 0. The van der Waals surface area contributed by atoms with Gasteiger partial charge in [0.25, 0.3) is 0 Å². The van der Waals surface area contributed by atoms with Crippen LogP contribution >= 0.6 is 11.6 Å². The van der Waals surface area contributed by atoms with E-state index in [1.165, 1.54) is 18.2 Å². The Balaban J connectivity index is 2.96. The molecular formula is C11H15ClFNO2. The minimum atomic E-state index is -1.32. The van der Waals surface area contributed by atoms with Gasteiger partial charge in [0.2, 0.25) is 0 Å². The van der Waals surface area contributed by atoms with Crippen LogP contribution in [-0.2, 0) is 0 Å². The Bertz CT molecular complexity index is 362. The van der Waals surface area contributed by atoms with Gasteiger partial charge in [-0.15, -0.1) is 0 Å². The maximum atomic E-state index is 13.5. The van der Waals surface area contributed by atoms with Gasteiger partial charge in [0.05, 0.1) is 11.1 Å². The fraction of sp³-hybridized carbons (Fsp3) is 0.455. The summed E-state index contributed by atoms with van der Waals surface area (Å²) in [4.78, 5) is 0. The summed E-state index contributed by atoms with van der Waals surface area (Å²) in [5, 5.41) is 19.4. The van der Waals surface area contributed by atoms with Gasteiger partial charge in [0.1, 0.15) is 11.9 Å². The Morgan fingerprint density at radius 2 is 2.06 bits per heavy atom. The molecule has 3 atom stereocenters. The number of rotatable bonds is 4. The highest BCUT2D eigenvalue weighted by Crippen LogP contribution is 2.27. The molecule has 5 heteroatoms. The lowest BCUT2D eigenvalue weighted by Crippen LogP contribution is -2.31. The van der Waals surface area contributed by atoms with Crippen molar-refractivity contribution in [2.24, 2.45) is 11.7 Å². The van der Waals surface area contributed by atoms with E-state index in [4.69, 9.17) is 17.3 Å². The van der Waals surface area contributed by atoms with Crippen molar-refractivity contribution in [3.63, 3.8) is 0 Å². The Kier molecular flexibility index (Phi) is 4.68. The number of halogens is 2. The number of hydrogen-bond acceptors (Lipinski definition) is 3. The number of aliphatic hydroxyl groups is 2. The SMILES string of the molecule is C[C@H](CN)[C@H](O)[C@H](O)c1cccc(Cl)c1F. The molecule has 1 aromatic rings. The standard InChI is InChI=1S/C11H15ClFNO2/c1-6(5-14)10(15)11(16)7-3-2-4-8(12)9(7)13/h2-4,6,10-11,15-16H,5,14H2,1H3/t6-,10+,11-/m1/s1. The van der Waals surface area contributed by atoms with Crippen molar-refractivity contribution >= 4 is 11.6 Å². The van der Waals surface area contributed by atoms with Gasteiger partial charge in [0, 0.05) is 5.56 Å². The highest BCUT2D eigenvalue weighted by atomic mass is 35.5. The Hall–Kier alpha value is -0.680. The lowest BCUT2D eigenvalue weighted by atomic mass is 9.94. The topological polar surface area (TPSA) is 66.5 Å². The minimum Gasteiger partial charge on any atom is -0.390 e. The molecule has 0 aliphatic carbocycles. The van der Waals surface area contributed by atoms with Crippen LogP contribution in [0.4, 0.5) is 4.39 Å². The van der Waals surface area contributed by atoms with Crippen molar-refractivity contribution in [1.29, 1.82) is 0 Å². The molecule has 0 fully saturated rings. The molecule has 0 aromatic heterocycles. The third-order valence-electron chi connectivity index (χ3n) is 2.58. The van der Waals surface area contributed by atoms with Crippen LogP contribution in [0.3, 0.4) is 0 Å². The van der Waals surface area contributed by atoms with Crippen LogP contribution in [0.1, 0.15) is 18.6 Å². The summed E-state index contributed by atoms with van der Waals surface area (Å²) in [5.74, 6) is -1.03. The van der Waals surface area contributed by atoms with E-state index in [2.05, 4.69) is 0 Å². The zero-order valence-corrected chi connectivity index (χ0v) is 9.65. The first-order chi connectivity index (χ1) is 7.49. The predicted octanol–water partition coefficient (Wildman–Crippen LogP) is 1.47. The predicted molar refractivity (Wildman–Crippen MR) is 60.6 cm³/mol. The van der Waals surface area contributed by atoms with Crippen LogP contribution in [0, 0.1) is 11.7 Å². The van der Waals surface area contributed by atoms with Gasteiger partial charge in [-0.25, -0.2) is 4.39 Å². The molecule has 0 aliphatic rings. The third kappa shape index (κ3) is 2.71. The molecule has 16 heavy (non-hydrogen) atoms. The van der Waals surface area contributed by atoms with Gasteiger partial charge in [-0.3, -0.25) is 0 Å². The summed E-state index contributed by atoms with van der Waals surface area (Å²) in [5.41, 5.74) is 5.35. The molecule has 0 aliphatic heterocycles. The third-order valence-corrected chi connectivity index (χ3v) is 2.87. The lowest BCUT2D eigenvalue weighted by molar-refractivity contribution is -0.0135. The zero-order valence-electron chi connectivity index (χ0n) is 8.90. The molecule has 3 nitrogen and oxygen atoms in total. The Labute approximate surface area is 98.7 Å².